The third-order valence-electron chi connectivity index (χ3n) is 3.79. The summed E-state index contributed by atoms with van der Waals surface area (Å²) in [5.74, 6) is -0.237. The number of carbonyl (C=O) groups excluding carboxylic acids is 1. The number of carbonyl (C=O) groups is 1. The highest BCUT2D eigenvalue weighted by atomic mass is 32.2. The summed E-state index contributed by atoms with van der Waals surface area (Å²) in [5.41, 5.74) is 0.425. The first-order valence-electron chi connectivity index (χ1n) is 6.84. The first-order valence-corrected chi connectivity index (χ1v) is 8.68. The molecule has 0 spiro atoms. The van der Waals surface area contributed by atoms with Gasteiger partial charge in [0.05, 0.1) is 6.26 Å². The monoisotopic (exact) mass is 296 g/mol. The number of sulfonamides is 1. The van der Waals surface area contributed by atoms with Gasteiger partial charge in [-0.15, -0.1) is 0 Å². The van der Waals surface area contributed by atoms with Gasteiger partial charge in [0, 0.05) is 25.2 Å². The van der Waals surface area contributed by atoms with Crippen molar-refractivity contribution in [3.63, 3.8) is 0 Å². The van der Waals surface area contributed by atoms with Gasteiger partial charge in [-0.05, 0) is 24.5 Å². The fraction of sp³-hybridized carbons (Fsp3) is 0.571. The maximum absolute atomic E-state index is 12.5. The van der Waals surface area contributed by atoms with Crippen LogP contribution in [0.5, 0.6) is 0 Å². The molecular weight excluding hydrogens is 276 g/mol. The van der Waals surface area contributed by atoms with Gasteiger partial charge >= 0.3 is 0 Å². The number of Topliss-reactive ketones (excluding diaryl/α,β-unsaturated/α-hetero) is 1. The van der Waals surface area contributed by atoms with Crippen LogP contribution >= 0.6 is 0 Å². The Balaban J connectivity index is 2.22. The van der Waals surface area contributed by atoms with Crippen LogP contribution in [0, 0.1) is 11.8 Å². The molecule has 110 valence electrons. The average molecular weight is 296 g/mol. The van der Waals surface area contributed by atoms with Crippen molar-refractivity contribution in [1.82, 2.24) is 9.29 Å². The van der Waals surface area contributed by atoms with Crippen LogP contribution in [0.4, 0.5) is 0 Å². The number of pyridine rings is 1. The number of hydrogen-bond acceptors (Lipinski definition) is 4. The summed E-state index contributed by atoms with van der Waals surface area (Å²) < 4.78 is 24.8. The lowest BCUT2D eigenvalue weighted by Gasteiger charge is -2.15. The Labute approximate surface area is 120 Å². The standard InChI is InChI=1S/C14H20N2O3S/c1-3-6-11-9-16(20(2,18)19)10-12(11)14(17)13-7-4-5-8-15-13/h4-5,7-8,11-12H,3,6,9-10H2,1-2H3/t11-,12?/m0/s1. The second-order valence-electron chi connectivity index (χ2n) is 5.31. The molecule has 0 aliphatic carbocycles. The third-order valence-corrected chi connectivity index (χ3v) is 5.03. The summed E-state index contributed by atoms with van der Waals surface area (Å²) in [6, 6.07) is 5.23. The molecule has 1 fully saturated rings. The van der Waals surface area contributed by atoms with Crippen LogP contribution in [0.15, 0.2) is 24.4 Å². The smallest absolute Gasteiger partial charge is 0.211 e. The number of nitrogens with zero attached hydrogens (tertiary/aromatic N) is 2. The van der Waals surface area contributed by atoms with Crippen molar-refractivity contribution in [2.75, 3.05) is 19.3 Å². The van der Waals surface area contributed by atoms with Crippen LogP contribution in [-0.2, 0) is 10.0 Å². The zero-order chi connectivity index (χ0) is 14.8. The minimum atomic E-state index is -3.24. The van der Waals surface area contributed by atoms with Crippen molar-refractivity contribution in [2.45, 2.75) is 19.8 Å². The van der Waals surface area contributed by atoms with Crippen molar-refractivity contribution in [2.24, 2.45) is 11.8 Å². The predicted octanol–water partition coefficient (Wildman–Crippen LogP) is 1.57. The van der Waals surface area contributed by atoms with Gasteiger partial charge in [0.1, 0.15) is 5.69 Å². The molecule has 1 aliphatic rings. The third kappa shape index (κ3) is 3.24. The molecule has 0 aromatic carbocycles. The van der Waals surface area contributed by atoms with Crippen LogP contribution in [0.2, 0.25) is 0 Å². The number of hydrogen-bond donors (Lipinski definition) is 0. The quantitative estimate of drug-likeness (QED) is 0.774. The fourth-order valence-corrected chi connectivity index (χ4v) is 3.65. The minimum absolute atomic E-state index is 0.0461. The molecule has 0 bridgehead atoms. The topological polar surface area (TPSA) is 67.3 Å². The van der Waals surface area contributed by atoms with E-state index >= 15 is 0 Å². The molecule has 0 radical (unpaired) electrons. The van der Waals surface area contributed by atoms with Gasteiger partial charge in [-0.1, -0.05) is 19.4 Å². The lowest BCUT2D eigenvalue weighted by molar-refractivity contribution is 0.0892. The van der Waals surface area contributed by atoms with Gasteiger partial charge in [-0.25, -0.2) is 12.7 Å². The first-order chi connectivity index (χ1) is 9.43. The van der Waals surface area contributed by atoms with E-state index in [0.29, 0.717) is 12.2 Å². The fourth-order valence-electron chi connectivity index (χ4n) is 2.76. The Bertz CT molecular complexity index is 571. The summed E-state index contributed by atoms with van der Waals surface area (Å²) in [6.45, 7) is 2.76. The van der Waals surface area contributed by atoms with Crippen LogP contribution in [0.25, 0.3) is 0 Å². The van der Waals surface area contributed by atoms with Crippen molar-refractivity contribution in [3.05, 3.63) is 30.1 Å². The van der Waals surface area contributed by atoms with E-state index in [9.17, 15) is 13.2 Å². The summed E-state index contributed by atoms with van der Waals surface area (Å²) in [4.78, 5) is 16.6. The summed E-state index contributed by atoms with van der Waals surface area (Å²) in [5, 5.41) is 0. The second kappa shape index (κ2) is 6.01. The van der Waals surface area contributed by atoms with Crippen LogP contribution < -0.4 is 0 Å². The maximum atomic E-state index is 12.5. The molecule has 20 heavy (non-hydrogen) atoms. The van der Waals surface area contributed by atoms with Crippen LogP contribution in [-0.4, -0.2) is 42.8 Å². The Hall–Kier alpha value is -1.27. The minimum Gasteiger partial charge on any atom is -0.292 e. The van der Waals surface area contributed by atoms with Crippen molar-refractivity contribution in [1.29, 1.82) is 0 Å². The van der Waals surface area contributed by atoms with E-state index < -0.39 is 10.0 Å². The SMILES string of the molecule is CCC[C@H]1CN(S(C)(=O)=O)CC1C(=O)c1ccccn1. The van der Waals surface area contributed by atoms with Gasteiger partial charge in [0.15, 0.2) is 5.78 Å². The summed E-state index contributed by atoms with van der Waals surface area (Å²) in [7, 11) is -3.24. The van der Waals surface area contributed by atoms with E-state index in [-0.39, 0.29) is 24.2 Å². The number of rotatable bonds is 5. The number of ketones is 1. The lowest BCUT2D eigenvalue weighted by atomic mass is 9.87. The van der Waals surface area contributed by atoms with Crippen molar-refractivity contribution < 1.29 is 13.2 Å². The Morgan fingerprint density at radius 3 is 2.70 bits per heavy atom. The lowest BCUT2D eigenvalue weighted by Crippen LogP contribution is -2.29. The van der Waals surface area contributed by atoms with Gasteiger partial charge in [0.2, 0.25) is 10.0 Å². The molecule has 0 amide bonds. The molecule has 6 heteroatoms. The Kier molecular flexibility index (Phi) is 4.55. The van der Waals surface area contributed by atoms with E-state index in [4.69, 9.17) is 0 Å². The Morgan fingerprint density at radius 1 is 1.40 bits per heavy atom. The molecule has 2 atom stereocenters. The first kappa shape index (κ1) is 15.1. The molecule has 2 rings (SSSR count). The molecule has 5 nitrogen and oxygen atoms in total. The molecule has 1 unspecified atom stereocenters. The van der Waals surface area contributed by atoms with Gasteiger partial charge < -0.3 is 0 Å². The van der Waals surface area contributed by atoms with Crippen molar-refractivity contribution in [3.8, 4) is 0 Å². The molecule has 1 aromatic heterocycles. The van der Waals surface area contributed by atoms with E-state index in [1.807, 2.05) is 6.92 Å². The highest BCUT2D eigenvalue weighted by Crippen LogP contribution is 2.31. The van der Waals surface area contributed by atoms with Gasteiger partial charge in [-0.2, -0.15) is 0 Å². The van der Waals surface area contributed by atoms with Crippen LogP contribution in [0.1, 0.15) is 30.3 Å². The van der Waals surface area contributed by atoms with E-state index in [1.165, 1.54) is 10.6 Å². The van der Waals surface area contributed by atoms with E-state index in [1.54, 1.807) is 24.4 Å². The second-order valence-corrected chi connectivity index (χ2v) is 7.30. The molecule has 1 aliphatic heterocycles. The molecule has 2 heterocycles. The van der Waals surface area contributed by atoms with Gasteiger partial charge in [0.25, 0.3) is 0 Å². The summed E-state index contributed by atoms with van der Waals surface area (Å²) >= 11 is 0. The molecule has 0 saturated carbocycles. The largest absolute Gasteiger partial charge is 0.292 e. The zero-order valence-electron chi connectivity index (χ0n) is 11.8. The van der Waals surface area contributed by atoms with Crippen LogP contribution in [0.3, 0.4) is 0 Å². The van der Waals surface area contributed by atoms with Crippen molar-refractivity contribution >= 4 is 15.8 Å². The highest BCUT2D eigenvalue weighted by Gasteiger charge is 2.40. The predicted molar refractivity (Wildman–Crippen MR) is 76.9 cm³/mol. The van der Waals surface area contributed by atoms with E-state index in [0.717, 1.165) is 12.8 Å². The number of aromatic nitrogens is 1. The molecule has 0 N–H and O–H groups in total. The Morgan fingerprint density at radius 2 is 2.15 bits per heavy atom. The van der Waals surface area contributed by atoms with Gasteiger partial charge in [-0.3, -0.25) is 9.78 Å². The summed E-state index contributed by atoms with van der Waals surface area (Å²) in [6.07, 6.45) is 4.58. The maximum Gasteiger partial charge on any atom is 0.211 e. The zero-order valence-corrected chi connectivity index (χ0v) is 12.6. The molecular formula is C14H20N2O3S. The average Bonchev–Trinajstić information content (AvgIpc) is 2.83. The normalized spacial score (nSPS) is 23.9. The molecule has 1 saturated heterocycles. The van der Waals surface area contributed by atoms with E-state index in [2.05, 4.69) is 4.98 Å². The highest BCUT2D eigenvalue weighted by molar-refractivity contribution is 7.88. The molecule has 1 aromatic rings.